The quantitative estimate of drug-likeness (QED) is 0.0261. The second-order valence-corrected chi connectivity index (χ2v) is 23.1. The van der Waals surface area contributed by atoms with E-state index in [2.05, 4.69) is 93.7 Å². The van der Waals surface area contributed by atoms with Crippen molar-refractivity contribution in [1.82, 2.24) is 0 Å². The van der Waals surface area contributed by atoms with Gasteiger partial charge in [-0.1, -0.05) is 299 Å². The van der Waals surface area contributed by atoms with Crippen molar-refractivity contribution in [3.63, 3.8) is 0 Å². The Kier molecular flexibility index (Phi) is 64.7. The predicted molar refractivity (Wildman–Crippen MR) is 344 cm³/mol. The molecule has 0 bridgehead atoms. The smallest absolute Gasteiger partial charge is 0.306 e. The maximum Gasteiger partial charge on any atom is 0.306 e. The van der Waals surface area contributed by atoms with Crippen LogP contribution in [0.15, 0.2) is 72.9 Å². The van der Waals surface area contributed by atoms with Gasteiger partial charge in [-0.3, -0.25) is 14.4 Å². The number of hydrogen-bond donors (Lipinski definition) is 0. The second-order valence-electron chi connectivity index (χ2n) is 23.1. The van der Waals surface area contributed by atoms with Crippen LogP contribution in [0, 0.1) is 0 Å². The van der Waals surface area contributed by atoms with E-state index in [1.54, 1.807) is 0 Å². The average molecular weight is 1100 g/mol. The summed E-state index contributed by atoms with van der Waals surface area (Å²) in [6.45, 7) is 6.59. The number of rotatable bonds is 63. The lowest BCUT2D eigenvalue weighted by Crippen LogP contribution is -2.30. The van der Waals surface area contributed by atoms with Gasteiger partial charge in [0.1, 0.15) is 13.2 Å². The van der Waals surface area contributed by atoms with Gasteiger partial charge < -0.3 is 14.2 Å². The Hall–Kier alpha value is -3.15. The zero-order chi connectivity index (χ0) is 57.1. The van der Waals surface area contributed by atoms with Crippen LogP contribution in [-0.2, 0) is 28.6 Å². The molecule has 0 aromatic heterocycles. The third-order valence-electron chi connectivity index (χ3n) is 15.1. The van der Waals surface area contributed by atoms with E-state index in [4.69, 9.17) is 14.2 Å². The third-order valence-corrected chi connectivity index (χ3v) is 15.1. The molecule has 0 fully saturated rings. The Labute approximate surface area is 491 Å². The van der Waals surface area contributed by atoms with E-state index >= 15 is 0 Å². The minimum Gasteiger partial charge on any atom is -0.462 e. The molecule has 0 spiro atoms. The van der Waals surface area contributed by atoms with Crippen molar-refractivity contribution in [2.75, 3.05) is 13.2 Å². The zero-order valence-electron chi connectivity index (χ0n) is 52.6. The van der Waals surface area contributed by atoms with E-state index in [0.717, 1.165) is 96.3 Å². The molecule has 0 aliphatic rings. The normalized spacial score (nSPS) is 12.5. The molecule has 0 saturated carbocycles. The summed E-state index contributed by atoms with van der Waals surface area (Å²) in [4.78, 5) is 38.4. The molecule has 0 aromatic carbocycles. The summed E-state index contributed by atoms with van der Waals surface area (Å²) in [5, 5.41) is 0. The number of allylic oxidation sites excluding steroid dienone is 12. The molecule has 0 aliphatic carbocycles. The van der Waals surface area contributed by atoms with Gasteiger partial charge in [0.2, 0.25) is 0 Å². The predicted octanol–water partition coefficient (Wildman–Crippen LogP) is 23.7. The van der Waals surface area contributed by atoms with Gasteiger partial charge in [-0.05, 0) is 109 Å². The molecule has 79 heavy (non-hydrogen) atoms. The van der Waals surface area contributed by atoms with Crippen LogP contribution in [-0.4, -0.2) is 37.2 Å². The minimum absolute atomic E-state index is 0.0787. The van der Waals surface area contributed by atoms with Gasteiger partial charge in [-0.25, -0.2) is 0 Å². The van der Waals surface area contributed by atoms with Crippen LogP contribution < -0.4 is 0 Å². The molecule has 0 N–H and O–H groups in total. The van der Waals surface area contributed by atoms with E-state index in [0.29, 0.717) is 19.3 Å². The van der Waals surface area contributed by atoms with Crippen molar-refractivity contribution in [3.8, 4) is 0 Å². The first-order valence-corrected chi connectivity index (χ1v) is 34.4. The standard InChI is InChI=1S/C73H130O6/c1-4-7-10-13-16-19-22-25-27-29-31-32-33-34-35-36-37-38-39-40-42-43-45-48-51-54-57-60-63-66-72(75)78-69-70(68-77-71(74)65-62-59-56-53-50-47-24-21-18-15-12-9-6-3)79-73(76)67-64-61-58-55-52-49-46-44-41-30-28-26-23-20-17-14-11-8-5-2/h12,15,21-22,24-26,28-29,31,33-34,70H,4-11,13-14,16-20,23,27,30,32,35-69H2,1-3H3/b15-12-,24-21-,25-22-,28-26-,31-29-,34-33-. The van der Waals surface area contributed by atoms with Crippen LogP contribution in [0.1, 0.15) is 355 Å². The molecule has 0 saturated heterocycles. The molecular formula is C73H130O6. The van der Waals surface area contributed by atoms with Gasteiger partial charge in [0, 0.05) is 19.3 Å². The fraction of sp³-hybridized carbons (Fsp3) is 0.795. The highest BCUT2D eigenvalue weighted by Crippen LogP contribution is 2.17. The van der Waals surface area contributed by atoms with Crippen LogP contribution in [0.4, 0.5) is 0 Å². The van der Waals surface area contributed by atoms with Gasteiger partial charge in [0.25, 0.3) is 0 Å². The summed E-state index contributed by atoms with van der Waals surface area (Å²) in [5.41, 5.74) is 0. The number of carbonyl (C=O) groups excluding carboxylic acids is 3. The molecular weight excluding hydrogens is 973 g/mol. The summed E-state index contributed by atoms with van der Waals surface area (Å²) < 4.78 is 16.9. The van der Waals surface area contributed by atoms with Crippen molar-refractivity contribution in [3.05, 3.63) is 72.9 Å². The molecule has 0 rings (SSSR count). The summed E-state index contributed by atoms with van der Waals surface area (Å²) in [6, 6.07) is 0. The molecule has 0 heterocycles. The van der Waals surface area contributed by atoms with Crippen LogP contribution in [0.2, 0.25) is 0 Å². The van der Waals surface area contributed by atoms with E-state index in [1.807, 2.05) is 0 Å². The molecule has 1 unspecified atom stereocenters. The molecule has 6 heteroatoms. The first-order valence-electron chi connectivity index (χ1n) is 34.4. The lowest BCUT2D eigenvalue weighted by atomic mass is 10.0. The zero-order valence-corrected chi connectivity index (χ0v) is 52.6. The molecule has 1 atom stereocenters. The third kappa shape index (κ3) is 65.5. The highest BCUT2D eigenvalue weighted by Gasteiger charge is 2.19. The largest absolute Gasteiger partial charge is 0.462 e. The number of hydrogen-bond acceptors (Lipinski definition) is 6. The van der Waals surface area contributed by atoms with Gasteiger partial charge in [-0.15, -0.1) is 0 Å². The minimum atomic E-state index is -0.783. The summed E-state index contributed by atoms with van der Waals surface area (Å²) >= 11 is 0. The first-order chi connectivity index (χ1) is 39.0. The van der Waals surface area contributed by atoms with Gasteiger partial charge in [0.05, 0.1) is 0 Å². The van der Waals surface area contributed by atoms with Crippen LogP contribution in [0.5, 0.6) is 0 Å². The Morgan fingerprint density at radius 3 is 0.772 bits per heavy atom. The average Bonchev–Trinajstić information content (AvgIpc) is 3.45. The molecule has 0 aromatic rings. The van der Waals surface area contributed by atoms with Gasteiger partial charge >= 0.3 is 17.9 Å². The Morgan fingerprint density at radius 2 is 0.481 bits per heavy atom. The van der Waals surface area contributed by atoms with Crippen LogP contribution in [0.3, 0.4) is 0 Å². The van der Waals surface area contributed by atoms with Crippen LogP contribution in [0.25, 0.3) is 0 Å². The topological polar surface area (TPSA) is 78.9 Å². The Bertz CT molecular complexity index is 1450. The first kappa shape index (κ1) is 75.8. The van der Waals surface area contributed by atoms with E-state index in [1.165, 1.54) is 218 Å². The number of carbonyl (C=O) groups is 3. The summed E-state index contributed by atoms with van der Waals surface area (Å²) in [6.07, 6.45) is 87.8. The van der Waals surface area contributed by atoms with E-state index in [-0.39, 0.29) is 31.1 Å². The van der Waals surface area contributed by atoms with E-state index < -0.39 is 6.10 Å². The molecule has 0 amide bonds. The summed E-state index contributed by atoms with van der Waals surface area (Å²) in [7, 11) is 0. The van der Waals surface area contributed by atoms with Crippen molar-refractivity contribution >= 4 is 17.9 Å². The maximum atomic E-state index is 12.9. The monoisotopic (exact) mass is 1100 g/mol. The summed E-state index contributed by atoms with van der Waals surface area (Å²) in [5.74, 6) is -0.879. The Morgan fingerprint density at radius 1 is 0.253 bits per heavy atom. The molecule has 0 radical (unpaired) electrons. The van der Waals surface area contributed by atoms with Crippen molar-refractivity contribution in [2.24, 2.45) is 0 Å². The number of ether oxygens (including phenoxy) is 3. The Balaban J connectivity index is 4.24. The van der Waals surface area contributed by atoms with Crippen molar-refractivity contribution < 1.29 is 28.6 Å². The highest BCUT2D eigenvalue weighted by molar-refractivity contribution is 5.71. The lowest BCUT2D eigenvalue weighted by Gasteiger charge is -2.18. The van der Waals surface area contributed by atoms with Gasteiger partial charge in [0.15, 0.2) is 6.10 Å². The van der Waals surface area contributed by atoms with Crippen molar-refractivity contribution in [2.45, 2.75) is 361 Å². The SMILES string of the molecule is CCC/C=C\C/C=C\CCCCCCCC(=O)OCC(COC(=O)CCCCCCCCCCCCCCCC/C=C\C/C=C\C/C=C\CCCCCCC)OC(=O)CCCCCCCCCCC/C=C\CCCCCCCC. The lowest BCUT2D eigenvalue weighted by molar-refractivity contribution is -0.167. The molecule has 6 nitrogen and oxygen atoms in total. The number of unbranched alkanes of at least 4 members (excludes halogenated alkanes) is 40. The van der Waals surface area contributed by atoms with Gasteiger partial charge in [-0.2, -0.15) is 0 Å². The van der Waals surface area contributed by atoms with Crippen LogP contribution >= 0.6 is 0 Å². The fourth-order valence-electron chi connectivity index (χ4n) is 9.96. The number of esters is 3. The second kappa shape index (κ2) is 67.4. The van der Waals surface area contributed by atoms with E-state index in [9.17, 15) is 14.4 Å². The molecule has 0 aliphatic heterocycles. The maximum absolute atomic E-state index is 12.9. The van der Waals surface area contributed by atoms with Crippen molar-refractivity contribution in [1.29, 1.82) is 0 Å². The fourth-order valence-corrected chi connectivity index (χ4v) is 9.96. The molecule has 458 valence electrons. The highest BCUT2D eigenvalue weighted by atomic mass is 16.6.